The van der Waals surface area contributed by atoms with Crippen LogP contribution in [0.2, 0.25) is 0 Å². The van der Waals surface area contributed by atoms with Crippen molar-refractivity contribution in [2.75, 3.05) is 18.8 Å². The minimum Gasteiger partial charge on any atom is -0.353 e. The second kappa shape index (κ2) is 7.70. The molecule has 3 heterocycles. The van der Waals surface area contributed by atoms with Crippen LogP contribution in [0.5, 0.6) is 0 Å². The molecule has 25 heavy (non-hydrogen) atoms. The van der Waals surface area contributed by atoms with Crippen molar-refractivity contribution in [3.63, 3.8) is 0 Å². The van der Waals surface area contributed by atoms with Gasteiger partial charge in [-0.05, 0) is 32.3 Å². The number of thiophene rings is 1. The van der Waals surface area contributed by atoms with E-state index >= 15 is 0 Å². The Labute approximate surface area is 155 Å². The lowest BCUT2D eigenvalue weighted by molar-refractivity contribution is -0.130. The van der Waals surface area contributed by atoms with Crippen LogP contribution in [0.25, 0.3) is 10.2 Å². The van der Waals surface area contributed by atoms with Crippen LogP contribution < -0.4 is 5.32 Å². The zero-order valence-corrected chi connectivity index (χ0v) is 16.3. The Bertz CT molecular complexity index is 797. The Morgan fingerprint density at radius 2 is 2.04 bits per heavy atom. The first-order chi connectivity index (χ1) is 12.0. The van der Waals surface area contributed by atoms with Gasteiger partial charge in [-0.2, -0.15) is 0 Å². The van der Waals surface area contributed by atoms with Gasteiger partial charge >= 0.3 is 0 Å². The Kier molecular flexibility index (Phi) is 5.58. The van der Waals surface area contributed by atoms with E-state index in [0.29, 0.717) is 18.8 Å². The van der Waals surface area contributed by atoms with Crippen LogP contribution in [0, 0.1) is 13.8 Å². The van der Waals surface area contributed by atoms with Crippen LogP contribution in [0.15, 0.2) is 11.4 Å². The molecule has 2 aromatic rings. The number of carbonyl (C=O) groups excluding carboxylic acids is 2. The van der Waals surface area contributed by atoms with Crippen LogP contribution in [0.1, 0.15) is 30.2 Å². The number of hydrogen-bond donors (Lipinski definition) is 1. The molecule has 1 N–H and O–H groups in total. The highest BCUT2D eigenvalue weighted by atomic mass is 32.2. The van der Waals surface area contributed by atoms with Crippen LogP contribution >= 0.6 is 23.1 Å². The first kappa shape index (κ1) is 18.1. The summed E-state index contributed by atoms with van der Waals surface area (Å²) in [6, 6.07) is 0.152. The van der Waals surface area contributed by atoms with E-state index in [1.807, 2.05) is 4.90 Å². The molecule has 0 radical (unpaired) electrons. The van der Waals surface area contributed by atoms with Gasteiger partial charge in [0.05, 0.1) is 5.75 Å². The lowest BCUT2D eigenvalue weighted by Gasteiger charge is -2.31. The van der Waals surface area contributed by atoms with E-state index in [-0.39, 0.29) is 17.9 Å². The third-order valence-corrected chi connectivity index (χ3v) is 6.68. The van der Waals surface area contributed by atoms with Gasteiger partial charge in [-0.15, -0.1) is 11.3 Å². The number of fused-ring (bicyclic) bond motifs is 1. The maximum Gasteiger partial charge on any atom is 0.230 e. The second-order valence-corrected chi connectivity index (χ2v) is 8.45. The van der Waals surface area contributed by atoms with Crippen molar-refractivity contribution in [3.05, 3.63) is 16.8 Å². The standard InChI is InChI=1S/C17H22N4O2S2/c1-10-11(2)25-17-15(10)16(18-9-19-17)24-8-14(23)20-13-4-6-21(7-5-13)12(3)22/h9,13H,4-8H2,1-3H3,(H,20,23). The minimum atomic E-state index is 0.0163. The maximum absolute atomic E-state index is 12.3. The highest BCUT2D eigenvalue weighted by Gasteiger charge is 2.22. The summed E-state index contributed by atoms with van der Waals surface area (Å²) in [6.07, 6.45) is 3.20. The summed E-state index contributed by atoms with van der Waals surface area (Å²) in [5.74, 6) is 0.463. The van der Waals surface area contributed by atoms with Crippen molar-refractivity contribution < 1.29 is 9.59 Å². The molecule has 2 amide bonds. The number of hydrogen-bond acceptors (Lipinski definition) is 6. The fraction of sp³-hybridized carbons (Fsp3) is 0.529. The number of thioether (sulfide) groups is 1. The first-order valence-corrected chi connectivity index (χ1v) is 10.1. The first-order valence-electron chi connectivity index (χ1n) is 8.34. The molecule has 0 saturated carbocycles. The van der Waals surface area contributed by atoms with E-state index in [4.69, 9.17) is 0 Å². The van der Waals surface area contributed by atoms with Gasteiger partial charge in [0.15, 0.2) is 0 Å². The average molecular weight is 379 g/mol. The number of carbonyl (C=O) groups is 2. The van der Waals surface area contributed by atoms with E-state index in [9.17, 15) is 9.59 Å². The summed E-state index contributed by atoms with van der Waals surface area (Å²) < 4.78 is 0. The van der Waals surface area contributed by atoms with E-state index in [0.717, 1.165) is 28.1 Å². The Morgan fingerprint density at radius 3 is 2.72 bits per heavy atom. The molecule has 1 fully saturated rings. The zero-order valence-electron chi connectivity index (χ0n) is 14.7. The SMILES string of the molecule is CC(=O)N1CCC(NC(=O)CSc2ncnc3sc(C)c(C)c23)CC1. The smallest absolute Gasteiger partial charge is 0.230 e. The number of nitrogens with zero attached hydrogens (tertiary/aromatic N) is 3. The van der Waals surface area contributed by atoms with Crippen molar-refractivity contribution in [2.24, 2.45) is 0 Å². The predicted octanol–water partition coefficient (Wildman–Crippen LogP) is 2.53. The maximum atomic E-state index is 12.3. The molecular formula is C17H22N4O2S2. The molecule has 1 aliphatic rings. The van der Waals surface area contributed by atoms with E-state index in [1.165, 1.54) is 22.2 Å². The van der Waals surface area contributed by atoms with Crippen molar-refractivity contribution in [1.82, 2.24) is 20.2 Å². The molecule has 0 aliphatic carbocycles. The van der Waals surface area contributed by atoms with E-state index < -0.39 is 0 Å². The molecule has 0 aromatic carbocycles. The summed E-state index contributed by atoms with van der Waals surface area (Å²) in [6.45, 7) is 7.17. The van der Waals surface area contributed by atoms with Gasteiger partial charge < -0.3 is 10.2 Å². The second-order valence-electron chi connectivity index (χ2n) is 6.28. The third-order valence-electron chi connectivity index (χ3n) is 4.58. The summed E-state index contributed by atoms with van der Waals surface area (Å²) in [4.78, 5) is 36.4. The lowest BCUT2D eigenvalue weighted by atomic mass is 10.1. The largest absolute Gasteiger partial charge is 0.353 e. The van der Waals surface area contributed by atoms with Crippen molar-refractivity contribution in [3.8, 4) is 0 Å². The number of aryl methyl sites for hydroxylation is 2. The molecule has 134 valence electrons. The van der Waals surface area contributed by atoms with Gasteiger partial charge in [0, 0.05) is 36.3 Å². The summed E-state index contributed by atoms with van der Waals surface area (Å²) in [5, 5.41) is 5.01. The Hall–Kier alpha value is -1.67. The molecule has 0 atom stereocenters. The van der Waals surface area contributed by atoms with Crippen molar-refractivity contribution >= 4 is 45.1 Å². The summed E-state index contributed by atoms with van der Waals surface area (Å²) in [7, 11) is 0. The van der Waals surface area contributed by atoms with Gasteiger partial charge in [0.2, 0.25) is 11.8 Å². The van der Waals surface area contributed by atoms with Crippen LogP contribution in [-0.4, -0.2) is 51.6 Å². The van der Waals surface area contributed by atoms with Gasteiger partial charge in [-0.1, -0.05) is 11.8 Å². The molecule has 3 rings (SSSR count). The van der Waals surface area contributed by atoms with Gasteiger partial charge in [0.25, 0.3) is 0 Å². The lowest BCUT2D eigenvalue weighted by Crippen LogP contribution is -2.46. The Morgan fingerprint density at radius 1 is 1.32 bits per heavy atom. The van der Waals surface area contributed by atoms with Crippen LogP contribution in [0.3, 0.4) is 0 Å². The van der Waals surface area contributed by atoms with Gasteiger partial charge in [-0.3, -0.25) is 9.59 Å². The minimum absolute atomic E-state index is 0.0163. The molecule has 6 nitrogen and oxygen atoms in total. The molecule has 8 heteroatoms. The highest BCUT2D eigenvalue weighted by molar-refractivity contribution is 8.00. The fourth-order valence-corrected chi connectivity index (χ4v) is 4.93. The number of piperidine rings is 1. The van der Waals surface area contributed by atoms with E-state index in [1.54, 1.807) is 24.6 Å². The molecule has 2 aromatic heterocycles. The molecule has 1 saturated heterocycles. The topological polar surface area (TPSA) is 75.2 Å². The molecule has 0 spiro atoms. The highest BCUT2D eigenvalue weighted by Crippen LogP contribution is 2.34. The van der Waals surface area contributed by atoms with Crippen molar-refractivity contribution in [2.45, 2.75) is 44.7 Å². The Balaban J connectivity index is 1.56. The van der Waals surface area contributed by atoms with Crippen LogP contribution in [0.4, 0.5) is 0 Å². The number of rotatable bonds is 4. The average Bonchev–Trinajstić information content (AvgIpc) is 2.88. The quantitative estimate of drug-likeness (QED) is 0.654. The van der Waals surface area contributed by atoms with Crippen LogP contribution in [-0.2, 0) is 9.59 Å². The summed E-state index contributed by atoms with van der Waals surface area (Å²) >= 11 is 3.12. The monoisotopic (exact) mass is 378 g/mol. The normalized spacial score (nSPS) is 15.6. The van der Waals surface area contributed by atoms with Crippen molar-refractivity contribution in [1.29, 1.82) is 0 Å². The van der Waals surface area contributed by atoms with Gasteiger partial charge in [0.1, 0.15) is 16.2 Å². The molecular weight excluding hydrogens is 356 g/mol. The number of likely N-dealkylation sites (tertiary alicyclic amines) is 1. The molecule has 0 bridgehead atoms. The molecule has 0 unspecified atom stereocenters. The summed E-state index contributed by atoms with van der Waals surface area (Å²) in [5.41, 5.74) is 1.19. The fourth-order valence-electron chi connectivity index (χ4n) is 3.00. The number of nitrogens with one attached hydrogen (secondary N) is 1. The number of amides is 2. The van der Waals surface area contributed by atoms with E-state index in [2.05, 4.69) is 29.1 Å². The third kappa shape index (κ3) is 4.12. The predicted molar refractivity (Wildman–Crippen MR) is 101 cm³/mol. The zero-order chi connectivity index (χ0) is 18.0. The molecule has 1 aliphatic heterocycles. The van der Waals surface area contributed by atoms with Gasteiger partial charge in [-0.25, -0.2) is 9.97 Å². The number of aromatic nitrogens is 2.